The van der Waals surface area contributed by atoms with E-state index >= 15 is 0 Å². The lowest BCUT2D eigenvalue weighted by atomic mass is 10.2. The van der Waals surface area contributed by atoms with E-state index in [1.807, 2.05) is 4.72 Å². The van der Waals surface area contributed by atoms with Crippen molar-refractivity contribution in [2.24, 2.45) is 0 Å². The number of furan rings is 1. The van der Waals surface area contributed by atoms with E-state index in [2.05, 4.69) is 4.42 Å². The van der Waals surface area contributed by atoms with Gasteiger partial charge in [0, 0.05) is 12.1 Å². The molecule has 0 spiro atoms. The topological polar surface area (TPSA) is 96.6 Å². The third kappa shape index (κ3) is 3.44. The molecule has 6 nitrogen and oxygen atoms in total. The Kier molecular flexibility index (Phi) is 4.05. The van der Waals surface area contributed by atoms with Crippen molar-refractivity contribution < 1.29 is 31.5 Å². The number of nitrogens with one attached hydrogen (secondary N) is 1. The molecule has 0 radical (unpaired) electrons. The molecule has 1 aromatic heterocycles. The zero-order valence-corrected chi connectivity index (χ0v) is 11.2. The summed E-state index contributed by atoms with van der Waals surface area (Å²) in [6, 6.07) is 4.55. The molecule has 1 aromatic carbocycles. The molecular weight excluding hydrogens is 308 g/mol. The van der Waals surface area contributed by atoms with Crippen molar-refractivity contribution in [3.05, 3.63) is 53.3 Å². The largest absolute Gasteiger partial charge is 0.475 e. The Hall–Kier alpha value is -2.26. The first kappa shape index (κ1) is 15.1. The van der Waals surface area contributed by atoms with Crippen molar-refractivity contribution in [3.8, 4) is 0 Å². The van der Waals surface area contributed by atoms with E-state index in [0.717, 1.165) is 30.3 Å². The van der Waals surface area contributed by atoms with Crippen molar-refractivity contribution in [3.63, 3.8) is 0 Å². The normalized spacial score (nSPS) is 11.5. The number of sulfonamides is 1. The molecular formula is C12H9F2NO5S. The molecule has 2 N–H and O–H groups in total. The second kappa shape index (κ2) is 5.62. The van der Waals surface area contributed by atoms with Gasteiger partial charge in [-0.15, -0.1) is 0 Å². The van der Waals surface area contributed by atoms with Crippen LogP contribution in [0.2, 0.25) is 0 Å². The lowest BCUT2D eigenvalue weighted by molar-refractivity contribution is 0.0656. The minimum absolute atomic E-state index is 0.191. The minimum atomic E-state index is -4.17. The summed E-state index contributed by atoms with van der Waals surface area (Å²) in [6.07, 6.45) is 0. The lowest BCUT2D eigenvalue weighted by Crippen LogP contribution is -2.23. The monoisotopic (exact) mass is 317 g/mol. The highest BCUT2D eigenvalue weighted by Gasteiger charge is 2.21. The van der Waals surface area contributed by atoms with Gasteiger partial charge in [0.15, 0.2) is 0 Å². The van der Waals surface area contributed by atoms with Gasteiger partial charge in [0.1, 0.15) is 11.6 Å². The van der Waals surface area contributed by atoms with Crippen molar-refractivity contribution in [2.75, 3.05) is 0 Å². The van der Waals surface area contributed by atoms with Gasteiger partial charge in [-0.2, -0.15) is 0 Å². The molecule has 0 saturated heterocycles. The second-order valence-electron chi connectivity index (χ2n) is 3.98. The zero-order valence-electron chi connectivity index (χ0n) is 10.3. The zero-order chi connectivity index (χ0) is 15.6. The van der Waals surface area contributed by atoms with Gasteiger partial charge in [-0.25, -0.2) is 26.7 Å². The molecule has 2 aromatic rings. The van der Waals surface area contributed by atoms with E-state index in [9.17, 15) is 22.0 Å². The fourth-order valence-corrected chi connectivity index (χ4v) is 2.44. The number of carboxylic acid groups (broad SMARTS) is 1. The number of aromatic carboxylic acids is 1. The molecule has 112 valence electrons. The summed E-state index contributed by atoms with van der Waals surface area (Å²) in [5, 5.41) is 8.01. The fourth-order valence-electron chi connectivity index (χ4n) is 1.50. The third-order valence-corrected chi connectivity index (χ3v) is 3.79. The molecule has 2 rings (SSSR count). The van der Waals surface area contributed by atoms with Crippen molar-refractivity contribution in [1.29, 1.82) is 0 Å². The molecule has 0 bridgehead atoms. The van der Waals surface area contributed by atoms with Crippen LogP contribution in [0.1, 0.15) is 16.1 Å². The van der Waals surface area contributed by atoms with Crippen LogP contribution < -0.4 is 4.72 Å². The van der Waals surface area contributed by atoms with Gasteiger partial charge in [-0.3, -0.25) is 0 Å². The van der Waals surface area contributed by atoms with E-state index in [4.69, 9.17) is 5.11 Å². The minimum Gasteiger partial charge on any atom is -0.475 e. The Morgan fingerprint density at radius 3 is 2.57 bits per heavy atom. The van der Waals surface area contributed by atoms with Crippen LogP contribution in [-0.4, -0.2) is 19.5 Å². The maximum Gasteiger partial charge on any atom is 0.371 e. The van der Waals surface area contributed by atoms with Gasteiger partial charge in [0.25, 0.3) is 10.0 Å². The molecule has 0 atom stereocenters. The molecule has 0 aliphatic heterocycles. The number of carbonyl (C=O) groups is 1. The second-order valence-corrected chi connectivity index (χ2v) is 5.68. The van der Waals surface area contributed by atoms with E-state index in [1.54, 1.807) is 0 Å². The summed E-state index contributed by atoms with van der Waals surface area (Å²) in [5.74, 6) is -3.46. The molecule has 0 amide bonds. The number of halogens is 2. The van der Waals surface area contributed by atoms with Crippen LogP contribution in [0.15, 0.2) is 39.8 Å². The number of carboxylic acids is 1. The maximum atomic E-state index is 13.4. The molecule has 0 aliphatic rings. The fraction of sp³-hybridized carbons (Fsp3) is 0.0833. The van der Waals surface area contributed by atoms with Crippen LogP contribution in [0, 0.1) is 11.6 Å². The maximum absolute atomic E-state index is 13.4. The van der Waals surface area contributed by atoms with Crippen LogP contribution >= 0.6 is 0 Å². The first-order chi connectivity index (χ1) is 9.79. The Morgan fingerprint density at radius 2 is 1.95 bits per heavy atom. The van der Waals surface area contributed by atoms with Crippen molar-refractivity contribution in [1.82, 2.24) is 4.72 Å². The summed E-state index contributed by atoms with van der Waals surface area (Å²) in [5.41, 5.74) is -0.191. The van der Waals surface area contributed by atoms with Crippen LogP contribution in [-0.2, 0) is 16.6 Å². The molecule has 0 aliphatic carbocycles. The average molecular weight is 317 g/mol. The van der Waals surface area contributed by atoms with Crippen LogP contribution in [0.5, 0.6) is 0 Å². The number of benzene rings is 1. The number of hydrogen-bond acceptors (Lipinski definition) is 4. The Bertz CT molecular complexity index is 785. The van der Waals surface area contributed by atoms with Gasteiger partial charge in [-0.1, -0.05) is 0 Å². The summed E-state index contributed by atoms with van der Waals surface area (Å²) in [4.78, 5) is 10.6. The first-order valence-corrected chi connectivity index (χ1v) is 7.04. The van der Waals surface area contributed by atoms with E-state index in [0.29, 0.717) is 0 Å². The summed E-state index contributed by atoms with van der Waals surface area (Å²) < 4.78 is 56.6. The lowest BCUT2D eigenvalue weighted by Gasteiger charge is -2.05. The average Bonchev–Trinajstić information content (AvgIpc) is 2.90. The van der Waals surface area contributed by atoms with Gasteiger partial charge < -0.3 is 9.52 Å². The summed E-state index contributed by atoms with van der Waals surface area (Å²) in [7, 11) is -4.17. The predicted molar refractivity (Wildman–Crippen MR) is 66.1 cm³/mol. The molecule has 0 unspecified atom stereocenters. The van der Waals surface area contributed by atoms with E-state index < -0.39 is 45.0 Å². The van der Waals surface area contributed by atoms with Crippen LogP contribution in [0.4, 0.5) is 8.78 Å². The first-order valence-electron chi connectivity index (χ1n) is 5.56. The van der Waals surface area contributed by atoms with Gasteiger partial charge in [0.2, 0.25) is 10.9 Å². The molecule has 0 saturated carbocycles. The summed E-state index contributed by atoms with van der Waals surface area (Å²) >= 11 is 0. The standard InChI is InChI=1S/C12H9F2NO5S/c13-8-1-2-9(14)7(5-8)6-15-21(18,19)11-4-3-10(20-11)12(16)17/h1-5,15H,6H2,(H,16,17). The smallest absolute Gasteiger partial charge is 0.371 e. The number of rotatable bonds is 5. The Labute approximate surface area is 118 Å². The highest BCUT2D eigenvalue weighted by molar-refractivity contribution is 7.89. The van der Waals surface area contributed by atoms with Crippen molar-refractivity contribution >= 4 is 16.0 Å². The molecule has 0 fully saturated rings. The van der Waals surface area contributed by atoms with Gasteiger partial charge in [0.05, 0.1) is 0 Å². The van der Waals surface area contributed by atoms with Crippen molar-refractivity contribution in [2.45, 2.75) is 11.6 Å². The molecule has 9 heteroatoms. The third-order valence-electron chi connectivity index (χ3n) is 2.52. The highest BCUT2D eigenvalue weighted by atomic mass is 32.2. The number of hydrogen-bond donors (Lipinski definition) is 2. The van der Waals surface area contributed by atoms with E-state index in [1.165, 1.54) is 0 Å². The van der Waals surface area contributed by atoms with Crippen LogP contribution in [0.3, 0.4) is 0 Å². The highest BCUT2D eigenvalue weighted by Crippen LogP contribution is 2.15. The van der Waals surface area contributed by atoms with Gasteiger partial charge in [-0.05, 0) is 30.3 Å². The SMILES string of the molecule is O=C(O)c1ccc(S(=O)(=O)NCc2cc(F)ccc2F)o1. The Balaban J connectivity index is 2.17. The molecule has 21 heavy (non-hydrogen) atoms. The Morgan fingerprint density at radius 1 is 1.24 bits per heavy atom. The predicted octanol–water partition coefficient (Wildman–Crippen LogP) is 1.73. The van der Waals surface area contributed by atoms with Crippen LogP contribution in [0.25, 0.3) is 0 Å². The summed E-state index contributed by atoms with van der Waals surface area (Å²) in [6.45, 7) is -0.505. The van der Waals surface area contributed by atoms with Gasteiger partial charge >= 0.3 is 5.97 Å². The quantitative estimate of drug-likeness (QED) is 0.875. The molecule has 1 heterocycles. The van der Waals surface area contributed by atoms with E-state index in [-0.39, 0.29) is 5.56 Å².